The Morgan fingerprint density at radius 2 is 1.65 bits per heavy atom. The quantitative estimate of drug-likeness (QED) is 0.245. The summed E-state index contributed by atoms with van der Waals surface area (Å²) in [6.45, 7) is 0. The second-order valence-electron chi connectivity index (χ2n) is 7.76. The number of para-hydroxylation sites is 1. The van der Waals surface area contributed by atoms with E-state index in [4.69, 9.17) is 13.9 Å². The van der Waals surface area contributed by atoms with Crippen molar-refractivity contribution >= 4 is 54.0 Å². The van der Waals surface area contributed by atoms with Crippen LogP contribution >= 0.6 is 0 Å². The molecule has 8 heteroatoms. The predicted octanol–water partition coefficient (Wildman–Crippen LogP) is 4.25. The Bertz CT molecular complexity index is 1390. The van der Waals surface area contributed by atoms with E-state index in [1.54, 1.807) is 36.4 Å². The molecule has 0 saturated carbocycles. The monoisotopic (exact) mass is 522 g/mol. The second-order valence-corrected chi connectivity index (χ2v) is 11.0. The number of rotatable bonds is 10. The number of carboxylic acid groups (broad SMARTS) is 1. The molecule has 4 aromatic rings. The number of Topliss-reactive ketones (excluding diaryl/α,β-unsaturated/α-hetero) is 1. The molecule has 0 aliphatic carbocycles. The fraction of sp³-hybridized carbons (Fsp3) is 0.192. The molecule has 1 aromatic heterocycles. The standard InChI is InChI=1S/C26H23AsO7/c1-32-23-9-7-15(11-24(23)33-2)12-25(29)27-19(26(30)31)14-20(28)16-8-10-22-18(13-16)17-5-3-4-6-21(17)34-22/h3-11,13,19,27H,12,14H2,1-2H3,(H,30,31). The fourth-order valence-electron chi connectivity index (χ4n) is 3.82. The molecule has 0 radical (unpaired) electrons. The number of hydrogen-bond donors (Lipinski definition) is 1. The summed E-state index contributed by atoms with van der Waals surface area (Å²) in [5.74, 6) is -0.378. The molecule has 4 rings (SSSR count). The van der Waals surface area contributed by atoms with Gasteiger partial charge >= 0.3 is 202 Å². The number of aliphatic carboxylic acids is 1. The minimum absolute atomic E-state index is 0.0886. The van der Waals surface area contributed by atoms with Gasteiger partial charge in [-0.05, 0) is 0 Å². The van der Waals surface area contributed by atoms with E-state index in [0.717, 1.165) is 16.4 Å². The average molecular weight is 522 g/mol. The van der Waals surface area contributed by atoms with Crippen LogP contribution in [0.2, 0.25) is 4.71 Å². The zero-order valence-corrected chi connectivity index (χ0v) is 20.8. The number of carbonyl (C=O) groups is 3. The Morgan fingerprint density at radius 3 is 2.38 bits per heavy atom. The van der Waals surface area contributed by atoms with Crippen molar-refractivity contribution in [2.45, 2.75) is 17.5 Å². The Labute approximate surface area is 202 Å². The number of benzene rings is 3. The van der Waals surface area contributed by atoms with E-state index in [9.17, 15) is 19.5 Å². The summed E-state index contributed by atoms with van der Waals surface area (Å²) >= 11 is -1.59. The Morgan fingerprint density at radius 1 is 0.912 bits per heavy atom. The molecule has 1 heterocycles. The second kappa shape index (κ2) is 10.1. The number of hydrogen-bond acceptors (Lipinski definition) is 6. The topological polar surface area (TPSA) is 103 Å². The van der Waals surface area contributed by atoms with Crippen LogP contribution in [-0.4, -0.2) is 51.4 Å². The van der Waals surface area contributed by atoms with Gasteiger partial charge in [-0.15, -0.1) is 0 Å². The van der Waals surface area contributed by atoms with Crippen molar-refractivity contribution in [3.8, 4) is 11.5 Å². The first-order valence-corrected chi connectivity index (χ1v) is 12.8. The van der Waals surface area contributed by atoms with Gasteiger partial charge in [-0.1, -0.05) is 0 Å². The van der Waals surface area contributed by atoms with Crippen molar-refractivity contribution in [2.75, 3.05) is 14.2 Å². The first kappa shape index (κ1) is 23.6. The number of ketones is 1. The van der Waals surface area contributed by atoms with Gasteiger partial charge in [0.05, 0.1) is 0 Å². The first-order valence-electron chi connectivity index (χ1n) is 10.6. The Balaban J connectivity index is 1.47. The van der Waals surface area contributed by atoms with Gasteiger partial charge in [0.1, 0.15) is 0 Å². The zero-order chi connectivity index (χ0) is 24.2. The van der Waals surface area contributed by atoms with Gasteiger partial charge in [0.25, 0.3) is 0 Å². The SMILES string of the molecule is COc1ccc(CC(=O)[AsH]C(CC(=O)c2ccc3oc4ccccc4c3c2)C(=O)O)cc1OC. The number of carbonyl (C=O) groups excluding carboxylic acids is 2. The molecule has 0 bridgehead atoms. The Kier molecular flexibility index (Phi) is 7.03. The van der Waals surface area contributed by atoms with Crippen LogP contribution in [0.5, 0.6) is 11.5 Å². The van der Waals surface area contributed by atoms with Crippen LogP contribution in [0.1, 0.15) is 22.3 Å². The first-order chi connectivity index (χ1) is 16.4. The average Bonchev–Trinajstić information content (AvgIpc) is 3.21. The van der Waals surface area contributed by atoms with Crippen molar-refractivity contribution in [2.24, 2.45) is 0 Å². The van der Waals surface area contributed by atoms with E-state index in [2.05, 4.69) is 0 Å². The van der Waals surface area contributed by atoms with Crippen LogP contribution in [-0.2, 0) is 16.0 Å². The van der Waals surface area contributed by atoms with Crippen molar-refractivity contribution < 1.29 is 33.4 Å². The van der Waals surface area contributed by atoms with Crippen LogP contribution in [0.15, 0.2) is 65.1 Å². The number of ether oxygens (including phenoxy) is 2. The number of carboxylic acids is 1. The van der Waals surface area contributed by atoms with E-state index in [0.29, 0.717) is 28.2 Å². The molecule has 2 atom stereocenters. The van der Waals surface area contributed by atoms with Gasteiger partial charge in [-0.2, -0.15) is 0 Å². The third-order valence-electron chi connectivity index (χ3n) is 5.53. The van der Waals surface area contributed by atoms with Crippen molar-refractivity contribution in [1.82, 2.24) is 0 Å². The summed E-state index contributed by atoms with van der Waals surface area (Å²) in [6.07, 6.45) is -0.125. The molecule has 0 saturated heterocycles. The molecule has 0 fully saturated rings. The molecular formula is C26H23AsO7. The summed E-state index contributed by atoms with van der Waals surface area (Å²) in [4.78, 5) is 37.5. The number of furan rings is 1. The van der Waals surface area contributed by atoms with Crippen LogP contribution in [0.3, 0.4) is 0 Å². The number of fused-ring (bicyclic) bond motifs is 3. The van der Waals surface area contributed by atoms with Gasteiger partial charge in [0.2, 0.25) is 0 Å². The summed E-state index contributed by atoms with van der Waals surface area (Å²) in [7, 11) is 3.03. The van der Waals surface area contributed by atoms with Crippen molar-refractivity contribution in [1.29, 1.82) is 0 Å². The molecule has 174 valence electrons. The van der Waals surface area contributed by atoms with E-state index >= 15 is 0 Å². The van der Waals surface area contributed by atoms with Gasteiger partial charge in [-0.3, -0.25) is 0 Å². The molecule has 34 heavy (non-hydrogen) atoms. The van der Waals surface area contributed by atoms with Gasteiger partial charge < -0.3 is 0 Å². The fourth-order valence-corrected chi connectivity index (χ4v) is 6.14. The summed E-state index contributed by atoms with van der Waals surface area (Å²) in [5, 5.41) is 11.4. The van der Waals surface area contributed by atoms with Crippen molar-refractivity contribution in [3.05, 3.63) is 71.8 Å². The maximum atomic E-state index is 12.9. The van der Waals surface area contributed by atoms with E-state index in [-0.39, 0.29) is 23.2 Å². The molecule has 0 aliphatic rings. The molecule has 0 aliphatic heterocycles. The Hall–Kier alpha value is -3.57. The third kappa shape index (κ3) is 5.00. The van der Waals surface area contributed by atoms with Gasteiger partial charge in [0.15, 0.2) is 0 Å². The number of methoxy groups -OCH3 is 2. The summed E-state index contributed by atoms with van der Waals surface area (Å²) in [5.41, 5.74) is 2.49. The molecular weight excluding hydrogens is 499 g/mol. The van der Waals surface area contributed by atoms with Crippen LogP contribution in [0.25, 0.3) is 21.9 Å². The van der Waals surface area contributed by atoms with Crippen LogP contribution in [0.4, 0.5) is 0 Å². The normalized spacial score (nSPS) is 12.3. The van der Waals surface area contributed by atoms with E-state index < -0.39 is 26.4 Å². The molecule has 3 aromatic carbocycles. The van der Waals surface area contributed by atoms with Crippen molar-refractivity contribution in [3.63, 3.8) is 0 Å². The molecule has 0 amide bonds. The molecule has 0 spiro atoms. The third-order valence-corrected chi connectivity index (χ3v) is 8.26. The summed E-state index contributed by atoms with van der Waals surface area (Å²) < 4.78 is 15.1. The maximum absolute atomic E-state index is 12.9. The van der Waals surface area contributed by atoms with E-state index in [1.807, 2.05) is 24.3 Å². The summed E-state index contributed by atoms with van der Waals surface area (Å²) in [6, 6.07) is 17.8. The zero-order valence-electron chi connectivity index (χ0n) is 18.7. The van der Waals surface area contributed by atoms with Gasteiger partial charge in [0, 0.05) is 0 Å². The van der Waals surface area contributed by atoms with Crippen LogP contribution < -0.4 is 9.47 Å². The van der Waals surface area contributed by atoms with E-state index in [1.165, 1.54) is 14.2 Å². The predicted molar refractivity (Wildman–Crippen MR) is 129 cm³/mol. The minimum atomic E-state index is -1.59. The van der Waals surface area contributed by atoms with Crippen LogP contribution in [0, 0.1) is 0 Å². The molecule has 2 unspecified atom stereocenters. The molecule has 7 nitrogen and oxygen atoms in total. The van der Waals surface area contributed by atoms with Gasteiger partial charge in [-0.25, -0.2) is 0 Å². The molecule has 1 N–H and O–H groups in total.